The molecule has 1 unspecified atom stereocenters. The Balaban J connectivity index is 1.66. The van der Waals surface area contributed by atoms with Gasteiger partial charge in [-0.25, -0.2) is 0 Å². The maximum atomic E-state index is 10.3. The fourth-order valence-corrected chi connectivity index (χ4v) is 2.93. The summed E-state index contributed by atoms with van der Waals surface area (Å²) in [7, 11) is 0. The lowest BCUT2D eigenvalue weighted by atomic mass is 10.1. The summed E-state index contributed by atoms with van der Waals surface area (Å²) in [6.07, 6.45) is 2.52. The summed E-state index contributed by atoms with van der Waals surface area (Å²) in [6.45, 7) is -6.19. The first-order chi connectivity index (χ1) is 16.8. The van der Waals surface area contributed by atoms with Crippen molar-refractivity contribution in [3.05, 3.63) is 65.2 Å². The fourth-order valence-electron chi connectivity index (χ4n) is 2.93. The average molecular weight is 422 g/mol. The number of aliphatic hydroxyl groups excluding tert-OH is 1. The van der Waals surface area contributed by atoms with Crippen molar-refractivity contribution in [3.63, 3.8) is 0 Å². The monoisotopic (exact) mass is 421 g/mol. The highest BCUT2D eigenvalue weighted by Crippen LogP contribution is 2.22. The van der Waals surface area contributed by atoms with Crippen LogP contribution in [0.4, 0.5) is 0 Å². The molecule has 0 spiro atoms. The van der Waals surface area contributed by atoms with E-state index in [1.54, 1.807) is 0 Å². The van der Waals surface area contributed by atoms with E-state index >= 15 is 0 Å². The molecule has 0 aliphatic rings. The van der Waals surface area contributed by atoms with Gasteiger partial charge >= 0.3 is 0 Å². The zero-order chi connectivity index (χ0) is 26.8. The number of phenols is 1. The second-order valence-corrected chi connectivity index (χ2v) is 7.10. The first kappa shape index (κ1) is 16.7. The van der Waals surface area contributed by atoms with Crippen molar-refractivity contribution < 1.29 is 28.3 Å². The van der Waals surface area contributed by atoms with E-state index in [0.717, 1.165) is 31.4 Å². The standard InChI is InChI=1S/C25H37NO4/c27-20-23-18-22(13-14-24(23)28)25(29)19-26-15-7-1-2-8-16-30-17-9-6-12-21-10-4-3-5-11-21/h3-5,10-11,13-14,18,25-29H,1-2,6-9,12,15-17,19-20H2/i15D2,16D2,20D2. The third-order valence-electron chi connectivity index (χ3n) is 4.68. The van der Waals surface area contributed by atoms with Crippen LogP contribution in [0.3, 0.4) is 0 Å². The number of hydrogen-bond donors (Lipinski definition) is 4. The van der Waals surface area contributed by atoms with Crippen molar-refractivity contribution in [2.75, 3.05) is 26.2 Å². The molecule has 166 valence electrons. The van der Waals surface area contributed by atoms with E-state index in [0.29, 0.717) is 19.4 Å². The van der Waals surface area contributed by atoms with Crippen LogP contribution >= 0.6 is 0 Å². The van der Waals surface area contributed by atoms with Crippen LogP contribution in [-0.2, 0) is 17.7 Å². The second kappa shape index (κ2) is 15.0. The van der Waals surface area contributed by atoms with Gasteiger partial charge in [-0.3, -0.25) is 0 Å². The predicted molar refractivity (Wildman–Crippen MR) is 121 cm³/mol. The van der Waals surface area contributed by atoms with Gasteiger partial charge in [0.25, 0.3) is 0 Å². The van der Waals surface area contributed by atoms with Crippen molar-refractivity contribution in [2.24, 2.45) is 0 Å². The summed E-state index contributed by atoms with van der Waals surface area (Å²) in [5, 5.41) is 32.2. The van der Waals surface area contributed by atoms with Crippen LogP contribution in [-0.4, -0.2) is 41.5 Å². The summed E-state index contributed by atoms with van der Waals surface area (Å²) in [4.78, 5) is 0. The molecule has 1 atom stereocenters. The fraction of sp³-hybridized carbons (Fsp3) is 0.520. The highest BCUT2D eigenvalue weighted by atomic mass is 16.5. The summed E-state index contributed by atoms with van der Waals surface area (Å²) in [5.74, 6) is -0.447. The van der Waals surface area contributed by atoms with Crippen LogP contribution in [0.2, 0.25) is 0 Å². The van der Waals surface area contributed by atoms with E-state index in [4.69, 9.17) is 13.0 Å². The van der Waals surface area contributed by atoms with Crippen LogP contribution in [0.1, 0.15) is 69.5 Å². The van der Waals surface area contributed by atoms with Crippen LogP contribution < -0.4 is 5.32 Å². The molecule has 30 heavy (non-hydrogen) atoms. The lowest BCUT2D eigenvalue weighted by Gasteiger charge is -2.14. The molecule has 2 aromatic rings. The molecule has 0 aliphatic heterocycles. The minimum Gasteiger partial charge on any atom is -0.508 e. The highest BCUT2D eigenvalue weighted by molar-refractivity contribution is 5.36. The Kier molecular flexibility index (Phi) is 8.35. The number of aliphatic hydroxyl groups is 2. The van der Waals surface area contributed by atoms with E-state index < -0.39 is 31.5 Å². The van der Waals surface area contributed by atoms with Gasteiger partial charge in [-0.1, -0.05) is 49.2 Å². The van der Waals surface area contributed by atoms with Crippen LogP contribution in [0.5, 0.6) is 5.75 Å². The molecule has 5 heteroatoms. The van der Waals surface area contributed by atoms with Gasteiger partial charge in [0.15, 0.2) is 0 Å². The molecule has 5 nitrogen and oxygen atoms in total. The van der Waals surface area contributed by atoms with Crippen LogP contribution in [0.25, 0.3) is 0 Å². The summed E-state index contributed by atoms with van der Waals surface area (Å²) >= 11 is 0. The van der Waals surface area contributed by atoms with Crippen molar-refractivity contribution in [1.29, 1.82) is 0 Å². The minimum absolute atomic E-state index is 0.104. The molecule has 0 aliphatic carbocycles. The quantitative estimate of drug-likeness (QED) is 0.307. The topological polar surface area (TPSA) is 82.0 Å². The average Bonchev–Trinajstić information content (AvgIpc) is 2.80. The lowest BCUT2D eigenvalue weighted by Crippen LogP contribution is -2.22. The number of nitrogens with one attached hydrogen (secondary N) is 1. The third kappa shape index (κ3) is 9.72. The zero-order valence-corrected chi connectivity index (χ0v) is 17.3. The molecule has 0 amide bonds. The highest BCUT2D eigenvalue weighted by Gasteiger charge is 2.09. The SMILES string of the molecule is [2H]C([2H])(CCCCC([2H])([2H])OCCCCc1ccccc1)NCC(O)c1ccc(O)c(C([2H])([2H])O)c1. The Morgan fingerprint density at radius 3 is 2.57 bits per heavy atom. The summed E-state index contributed by atoms with van der Waals surface area (Å²) < 4.78 is 52.3. The molecule has 0 heterocycles. The van der Waals surface area contributed by atoms with Crippen molar-refractivity contribution >= 4 is 0 Å². The Hall–Kier alpha value is -1.92. The lowest BCUT2D eigenvalue weighted by molar-refractivity contribution is 0.126. The molecule has 0 aromatic heterocycles. The molecular weight excluding hydrogens is 378 g/mol. The number of aryl methyl sites for hydroxylation is 1. The third-order valence-corrected chi connectivity index (χ3v) is 4.68. The minimum atomic E-state index is -2.78. The van der Waals surface area contributed by atoms with Gasteiger partial charge in [-0.15, -0.1) is 0 Å². The Morgan fingerprint density at radius 1 is 0.967 bits per heavy atom. The van der Waals surface area contributed by atoms with E-state index in [9.17, 15) is 15.3 Å². The van der Waals surface area contributed by atoms with Crippen molar-refractivity contribution in [1.82, 2.24) is 5.32 Å². The van der Waals surface area contributed by atoms with Crippen molar-refractivity contribution in [2.45, 2.75) is 57.6 Å². The molecule has 2 aromatic carbocycles. The van der Waals surface area contributed by atoms with Crippen molar-refractivity contribution in [3.8, 4) is 5.75 Å². The van der Waals surface area contributed by atoms with Gasteiger partial charge in [-0.05, 0) is 61.9 Å². The number of hydrogen-bond acceptors (Lipinski definition) is 5. The molecule has 2 rings (SSSR count). The second-order valence-electron chi connectivity index (χ2n) is 7.10. The molecule has 0 radical (unpaired) electrons. The number of ether oxygens (including phenoxy) is 1. The normalized spacial score (nSPS) is 16.6. The van der Waals surface area contributed by atoms with Crippen LogP contribution in [0.15, 0.2) is 48.5 Å². The van der Waals surface area contributed by atoms with Gasteiger partial charge in [0.1, 0.15) is 5.75 Å². The molecule has 0 bridgehead atoms. The molecule has 0 saturated carbocycles. The summed E-state index contributed by atoms with van der Waals surface area (Å²) in [5.41, 5.74) is 1.09. The van der Waals surface area contributed by atoms with Gasteiger partial charge in [0.2, 0.25) is 0 Å². The molecular formula is C25H37NO4. The van der Waals surface area contributed by atoms with E-state index in [-0.39, 0.29) is 30.5 Å². The van der Waals surface area contributed by atoms with E-state index in [1.807, 2.05) is 18.2 Å². The molecule has 0 fully saturated rings. The van der Waals surface area contributed by atoms with Gasteiger partial charge < -0.3 is 25.4 Å². The molecule has 4 N–H and O–H groups in total. The maximum absolute atomic E-state index is 10.3. The largest absolute Gasteiger partial charge is 0.508 e. The Morgan fingerprint density at radius 2 is 1.77 bits per heavy atom. The predicted octanol–water partition coefficient (Wildman–Crippen LogP) is 4.11. The smallest absolute Gasteiger partial charge is 0.121 e. The number of rotatable bonds is 16. The zero-order valence-electron chi connectivity index (χ0n) is 23.3. The van der Waals surface area contributed by atoms with Crippen LogP contribution in [0, 0.1) is 0 Å². The van der Waals surface area contributed by atoms with Gasteiger partial charge in [0, 0.05) is 28.0 Å². The van der Waals surface area contributed by atoms with E-state index in [2.05, 4.69) is 17.4 Å². The molecule has 0 saturated heterocycles. The number of benzene rings is 2. The Labute approximate surface area is 189 Å². The number of unbranched alkanes of at least 4 members (excludes halogenated alkanes) is 2. The number of aromatic hydroxyl groups is 1. The Bertz CT molecular complexity index is 925. The first-order valence-corrected chi connectivity index (χ1v) is 10.5. The van der Waals surface area contributed by atoms with Gasteiger partial charge in [0.05, 0.1) is 18.1 Å². The maximum Gasteiger partial charge on any atom is 0.121 e. The van der Waals surface area contributed by atoms with Gasteiger partial charge in [-0.2, -0.15) is 0 Å². The van der Waals surface area contributed by atoms with E-state index in [1.165, 1.54) is 11.6 Å². The summed E-state index contributed by atoms with van der Waals surface area (Å²) in [6, 6.07) is 13.8. The first-order valence-electron chi connectivity index (χ1n) is 13.5.